The number of benzene rings is 1. The first-order chi connectivity index (χ1) is 8.74. The van der Waals surface area contributed by atoms with Crippen LogP contribution in [-0.2, 0) is 6.42 Å². The zero-order chi connectivity index (χ0) is 13.0. The van der Waals surface area contributed by atoms with Gasteiger partial charge in [-0.3, -0.25) is 0 Å². The second-order valence-electron chi connectivity index (χ2n) is 4.69. The summed E-state index contributed by atoms with van der Waals surface area (Å²) in [6.45, 7) is 8.00. The van der Waals surface area contributed by atoms with Crippen molar-refractivity contribution in [2.75, 3.05) is 19.6 Å². The maximum atomic E-state index is 3.38. The number of aromatic nitrogens is 1. The summed E-state index contributed by atoms with van der Waals surface area (Å²) in [5.74, 6) is 0. The minimum absolute atomic E-state index is 1.13. The average molecular weight is 356 g/mol. The fraction of sp³-hybridized carbons (Fsp3) is 0.467. The van der Waals surface area contributed by atoms with Crippen LogP contribution in [0.15, 0.2) is 24.4 Å². The maximum Gasteiger partial charge on any atom is 0.0467 e. The third-order valence-electron chi connectivity index (χ3n) is 3.41. The Balaban J connectivity index is 2.07. The zero-order valence-corrected chi connectivity index (χ0v) is 13.3. The van der Waals surface area contributed by atoms with Crippen molar-refractivity contribution in [3.63, 3.8) is 0 Å². The molecule has 0 bridgehead atoms. The number of halogens is 1. The van der Waals surface area contributed by atoms with Gasteiger partial charge in [-0.2, -0.15) is 0 Å². The molecule has 0 aliphatic rings. The number of nitrogens with zero attached hydrogens (tertiary/aromatic N) is 1. The Bertz CT molecular complexity index is 504. The predicted octanol–water partition coefficient (Wildman–Crippen LogP) is 4.05. The van der Waals surface area contributed by atoms with E-state index in [9.17, 15) is 0 Å². The summed E-state index contributed by atoms with van der Waals surface area (Å²) >= 11 is 2.36. The second kappa shape index (κ2) is 6.57. The lowest BCUT2D eigenvalue weighted by molar-refractivity contribution is 0.293. The molecule has 98 valence electrons. The summed E-state index contributed by atoms with van der Waals surface area (Å²) in [6, 6.07) is 6.63. The summed E-state index contributed by atoms with van der Waals surface area (Å²) in [5, 5.41) is 1.38. The molecule has 3 heteroatoms. The Morgan fingerprint density at radius 1 is 1.22 bits per heavy atom. The van der Waals surface area contributed by atoms with E-state index < -0.39 is 0 Å². The van der Waals surface area contributed by atoms with E-state index in [0.717, 1.165) is 19.5 Å². The molecule has 0 radical (unpaired) electrons. The molecule has 0 saturated heterocycles. The number of fused-ring (bicyclic) bond motifs is 1. The molecular formula is C15H21IN2. The standard InChI is InChI=1S/C15H21IN2/c1-3-8-18(4-2)9-7-12-11-17-15-10-13(16)5-6-14(12)15/h5-6,10-11,17H,3-4,7-9H2,1-2H3. The molecule has 0 amide bonds. The number of likely N-dealkylation sites (N-methyl/N-ethyl adjacent to an activating group) is 1. The number of H-pyrrole nitrogens is 1. The number of nitrogens with one attached hydrogen (secondary N) is 1. The van der Waals surface area contributed by atoms with Crippen molar-refractivity contribution in [3.05, 3.63) is 33.5 Å². The van der Waals surface area contributed by atoms with Crippen LogP contribution in [0.25, 0.3) is 10.9 Å². The quantitative estimate of drug-likeness (QED) is 0.774. The van der Waals surface area contributed by atoms with Gasteiger partial charge in [-0.25, -0.2) is 0 Å². The van der Waals surface area contributed by atoms with Crippen LogP contribution in [0, 0.1) is 3.57 Å². The van der Waals surface area contributed by atoms with Crippen LogP contribution in [0.5, 0.6) is 0 Å². The van der Waals surface area contributed by atoms with Gasteiger partial charge in [0.25, 0.3) is 0 Å². The Labute approximate surface area is 123 Å². The van der Waals surface area contributed by atoms with Gasteiger partial charge in [-0.15, -0.1) is 0 Å². The molecule has 2 nitrogen and oxygen atoms in total. The molecule has 1 heterocycles. The normalized spacial score (nSPS) is 11.6. The van der Waals surface area contributed by atoms with Crippen LogP contribution in [-0.4, -0.2) is 29.5 Å². The van der Waals surface area contributed by atoms with Gasteiger partial charge >= 0.3 is 0 Å². The van der Waals surface area contributed by atoms with E-state index in [-0.39, 0.29) is 0 Å². The van der Waals surface area contributed by atoms with Crippen LogP contribution in [0.3, 0.4) is 0 Å². The SMILES string of the molecule is CCCN(CC)CCc1c[nH]c2cc(I)ccc12. The smallest absolute Gasteiger partial charge is 0.0467 e. The van der Waals surface area contributed by atoms with Crippen LogP contribution in [0.1, 0.15) is 25.8 Å². The van der Waals surface area contributed by atoms with Crippen molar-refractivity contribution in [2.24, 2.45) is 0 Å². The minimum Gasteiger partial charge on any atom is -0.361 e. The van der Waals surface area contributed by atoms with Crippen molar-refractivity contribution in [1.29, 1.82) is 0 Å². The summed E-state index contributed by atoms with van der Waals surface area (Å²) < 4.78 is 1.29. The van der Waals surface area contributed by atoms with Crippen LogP contribution >= 0.6 is 22.6 Å². The lowest BCUT2D eigenvalue weighted by Crippen LogP contribution is -2.26. The molecule has 0 unspecified atom stereocenters. The Morgan fingerprint density at radius 3 is 2.78 bits per heavy atom. The minimum atomic E-state index is 1.13. The third kappa shape index (κ3) is 3.26. The van der Waals surface area contributed by atoms with Crippen LogP contribution < -0.4 is 0 Å². The number of hydrogen-bond donors (Lipinski definition) is 1. The highest BCUT2D eigenvalue weighted by Gasteiger charge is 2.06. The first-order valence-electron chi connectivity index (χ1n) is 6.72. The van der Waals surface area contributed by atoms with Crippen molar-refractivity contribution in [2.45, 2.75) is 26.7 Å². The van der Waals surface area contributed by atoms with Gasteiger partial charge < -0.3 is 9.88 Å². The predicted molar refractivity (Wildman–Crippen MR) is 87.1 cm³/mol. The third-order valence-corrected chi connectivity index (χ3v) is 4.08. The van der Waals surface area contributed by atoms with Gasteiger partial charge in [-0.1, -0.05) is 19.9 Å². The van der Waals surface area contributed by atoms with E-state index in [1.807, 2.05) is 0 Å². The molecule has 1 aromatic heterocycles. The van der Waals surface area contributed by atoms with E-state index in [1.165, 1.54) is 33.0 Å². The molecule has 0 fully saturated rings. The first kappa shape index (κ1) is 13.9. The molecule has 18 heavy (non-hydrogen) atoms. The van der Waals surface area contributed by atoms with Gasteiger partial charge in [0, 0.05) is 27.2 Å². The molecule has 0 atom stereocenters. The van der Waals surface area contributed by atoms with Crippen molar-refractivity contribution in [1.82, 2.24) is 9.88 Å². The highest BCUT2D eigenvalue weighted by molar-refractivity contribution is 14.1. The van der Waals surface area contributed by atoms with Gasteiger partial charge in [0.05, 0.1) is 0 Å². The molecule has 1 aromatic carbocycles. The van der Waals surface area contributed by atoms with Gasteiger partial charge in [0.15, 0.2) is 0 Å². The lowest BCUT2D eigenvalue weighted by atomic mass is 10.1. The lowest BCUT2D eigenvalue weighted by Gasteiger charge is -2.18. The number of hydrogen-bond acceptors (Lipinski definition) is 1. The first-order valence-corrected chi connectivity index (χ1v) is 7.80. The molecular weight excluding hydrogens is 335 g/mol. The number of rotatable bonds is 6. The zero-order valence-electron chi connectivity index (χ0n) is 11.2. The highest BCUT2D eigenvalue weighted by atomic mass is 127. The maximum absolute atomic E-state index is 3.38. The summed E-state index contributed by atoms with van der Waals surface area (Å²) in [5.41, 5.74) is 2.70. The van der Waals surface area contributed by atoms with Crippen LogP contribution in [0.2, 0.25) is 0 Å². The Hall–Kier alpha value is -0.550. The van der Waals surface area contributed by atoms with Crippen molar-refractivity contribution >= 4 is 33.5 Å². The molecule has 2 aromatic rings. The molecule has 0 spiro atoms. The molecule has 0 aliphatic carbocycles. The fourth-order valence-electron chi connectivity index (χ4n) is 2.39. The summed E-state index contributed by atoms with van der Waals surface area (Å²) in [4.78, 5) is 5.90. The Morgan fingerprint density at radius 2 is 2.06 bits per heavy atom. The van der Waals surface area contributed by atoms with E-state index >= 15 is 0 Å². The van der Waals surface area contributed by atoms with Crippen molar-refractivity contribution < 1.29 is 0 Å². The largest absolute Gasteiger partial charge is 0.361 e. The molecule has 2 rings (SSSR count). The van der Waals surface area contributed by atoms with E-state index in [1.54, 1.807) is 0 Å². The van der Waals surface area contributed by atoms with E-state index in [0.29, 0.717) is 0 Å². The van der Waals surface area contributed by atoms with Crippen LogP contribution in [0.4, 0.5) is 0 Å². The van der Waals surface area contributed by atoms with E-state index in [2.05, 4.69) is 70.7 Å². The number of aromatic amines is 1. The van der Waals surface area contributed by atoms with Gasteiger partial charge in [-0.05, 0) is 66.2 Å². The topological polar surface area (TPSA) is 19.0 Å². The summed E-state index contributed by atoms with van der Waals surface area (Å²) in [6.07, 6.45) is 4.54. The second-order valence-corrected chi connectivity index (χ2v) is 5.93. The molecule has 0 aliphatic heterocycles. The van der Waals surface area contributed by atoms with Gasteiger partial charge in [0.1, 0.15) is 0 Å². The molecule has 1 N–H and O–H groups in total. The monoisotopic (exact) mass is 356 g/mol. The van der Waals surface area contributed by atoms with Crippen molar-refractivity contribution in [3.8, 4) is 0 Å². The fourth-order valence-corrected chi connectivity index (χ4v) is 2.88. The summed E-state index contributed by atoms with van der Waals surface area (Å²) in [7, 11) is 0. The van der Waals surface area contributed by atoms with Gasteiger partial charge in [0.2, 0.25) is 0 Å². The highest BCUT2D eigenvalue weighted by Crippen LogP contribution is 2.21. The molecule has 0 saturated carbocycles. The average Bonchev–Trinajstić information content (AvgIpc) is 2.76. The Kier molecular flexibility index (Phi) is 5.06. The van der Waals surface area contributed by atoms with E-state index in [4.69, 9.17) is 0 Å².